The summed E-state index contributed by atoms with van der Waals surface area (Å²) in [6, 6.07) is 2.01. The highest BCUT2D eigenvalue weighted by atomic mass is 35.5. The minimum absolute atomic E-state index is 0. The topological polar surface area (TPSA) is 71.0 Å². The number of thiazole rings is 2. The largest absolute Gasteiger partial charge is 0.312 e. The van der Waals surface area contributed by atoms with Gasteiger partial charge in [-0.15, -0.1) is 34.0 Å². The Labute approximate surface area is 204 Å². The van der Waals surface area contributed by atoms with Crippen LogP contribution in [0.25, 0.3) is 20.8 Å². The summed E-state index contributed by atoms with van der Waals surface area (Å²) in [4.78, 5) is 31.8. The highest BCUT2D eigenvalue weighted by Gasteiger charge is 2.25. The lowest BCUT2D eigenvalue weighted by Crippen LogP contribution is -2.22. The number of hydrogen-bond donors (Lipinski definition) is 1. The first-order valence-electron chi connectivity index (χ1n) is 10.4. The number of nitrogens with one attached hydrogen (secondary N) is 1. The normalized spacial score (nSPS) is 13.7. The minimum Gasteiger partial charge on any atom is -0.312 e. The molecule has 32 heavy (non-hydrogen) atoms. The molecule has 0 bridgehead atoms. The van der Waals surface area contributed by atoms with Crippen molar-refractivity contribution in [2.45, 2.75) is 32.4 Å². The zero-order valence-corrected chi connectivity index (χ0v) is 20.8. The second kappa shape index (κ2) is 9.62. The first kappa shape index (κ1) is 22.1. The molecule has 0 aromatic carbocycles. The molecule has 0 saturated heterocycles. The molecule has 6 nitrogen and oxygen atoms in total. The molecule has 5 heterocycles. The van der Waals surface area contributed by atoms with E-state index in [2.05, 4.69) is 20.2 Å². The number of pyridine rings is 1. The molecule has 1 N–H and O–H groups in total. The summed E-state index contributed by atoms with van der Waals surface area (Å²) in [6.07, 6.45) is 7.37. The summed E-state index contributed by atoms with van der Waals surface area (Å²) < 4.78 is 1.68. The lowest BCUT2D eigenvalue weighted by molar-refractivity contribution is -0.118. The summed E-state index contributed by atoms with van der Waals surface area (Å²) in [7, 11) is 2.02. The Hall–Kier alpha value is -1.75. The van der Waals surface area contributed by atoms with E-state index >= 15 is 0 Å². The number of rotatable bonds is 8. The minimum atomic E-state index is 0. The van der Waals surface area contributed by atoms with E-state index < -0.39 is 0 Å². The number of fused-ring (bicyclic) bond motifs is 2. The lowest BCUT2D eigenvalue weighted by atomic mass is 10.0. The predicted molar refractivity (Wildman–Crippen MR) is 135 cm³/mol. The van der Waals surface area contributed by atoms with Crippen LogP contribution in [0.2, 0.25) is 4.47 Å². The van der Waals surface area contributed by atoms with Crippen LogP contribution in [0.3, 0.4) is 0 Å². The van der Waals surface area contributed by atoms with E-state index in [0.29, 0.717) is 23.9 Å². The molecular weight excluding hydrogens is 482 g/mol. The van der Waals surface area contributed by atoms with Gasteiger partial charge in [0.05, 0.1) is 10.9 Å². The molecule has 0 unspecified atom stereocenters. The zero-order chi connectivity index (χ0) is 22.1. The molecule has 0 radical (unpaired) electrons. The number of ketones is 1. The maximum Gasteiger partial charge on any atom is 0.183 e. The highest BCUT2D eigenvalue weighted by Crippen LogP contribution is 2.41. The summed E-state index contributed by atoms with van der Waals surface area (Å²) in [6.45, 7) is 3.29. The first-order chi connectivity index (χ1) is 15.6. The van der Waals surface area contributed by atoms with Crippen molar-refractivity contribution in [3.63, 3.8) is 0 Å². The average molecular weight is 506 g/mol. The molecule has 4 aromatic heterocycles. The molecular formula is C22H24ClN5OS3. The van der Waals surface area contributed by atoms with Crippen LogP contribution in [0.4, 0.5) is 0 Å². The van der Waals surface area contributed by atoms with Crippen molar-refractivity contribution in [1.82, 2.24) is 25.2 Å². The van der Waals surface area contributed by atoms with Crippen molar-refractivity contribution in [3.05, 3.63) is 49.3 Å². The van der Waals surface area contributed by atoms with E-state index in [4.69, 9.17) is 16.6 Å². The molecule has 10 heteroatoms. The van der Waals surface area contributed by atoms with Gasteiger partial charge in [0.2, 0.25) is 0 Å². The first-order valence-corrected chi connectivity index (χ1v) is 13.2. The lowest BCUT2D eigenvalue weighted by Gasteiger charge is -2.14. The van der Waals surface area contributed by atoms with Crippen LogP contribution in [0, 0.1) is 0 Å². The van der Waals surface area contributed by atoms with Crippen LogP contribution < -0.4 is 5.32 Å². The van der Waals surface area contributed by atoms with Crippen molar-refractivity contribution in [1.29, 1.82) is 0 Å². The Morgan fingerprint density at radius 1 is 1.31 bits per heavy atom. The van der Waals surface area contributed by atoms with Gasteiger partial charge in [0.15, 0.2) is 4.47 Å². The fourth-order valence-corrected chi connectivity index (χ4v) is 7.45. The van der Waals surface area contributed by atoms with Crippen LogP contribution in [-0.4, -0.2) is 45.8 Å². The number of hydrogen-bond acceptors (Lipinski definition) is 9. The van der Waals surface area contributed by atoms with Crippen LogP contribution in [0.5, 0.6) is 0 Å². The third-order valence-electron chi connectivity index (χ3n) is 5.49. The maximum absolute atomic E-state index is 12.9. The Kier molecular flexibility index (Phi) is 6.64. The van der Waals surface area contributed by atoms with E-state index in [-0.39, 0.29) is 7.21 Å². The molecule has 1 aliphatic rings. The quantitative estimate of drug-likeness (QED) is 0.361. The van der Waals surface area contributed by atoms with Crippen molar-refractivity contribution in [3.8, 4) is 10.6 Å². The fourth-order valence-electron chi connectivity index (χ4n) is 3.94. The van der Waals surface area contributed by atoms with E-state index in [0.717, 1.165) is 51.0 Å². The smallest absolute Gasteiger partial charge is 0.183 e. The van der Waals surface area contributed by atoms with Gasteiger partial charge in [0, 0.05) is 66.5 Å². The van der Waals surface area contributed by atoms with E-state index in [1.54, 1.807) is 35.1 Å². The molecule has 0 atom stereocenters. The summed E-state index contributed by atoms with van der Waals surface area (Å²) >= 11 is 10.9. The summed E-state index contributed by atoms with van der Waals surface area (Å²) in [5.74, 6) is 0.259. The van der Waals surface area contributed by atoms with Gasteiger partial charge >= 0.3 is 0 Å². The molecule has 1 aliphatic heterocycles. The van der Waals surface area contributed by atoms with E-state index in [9.17, 15) is 4.79 Å². The van der Waals surface area contributed by atoms with Crippen LogP contribution in [0.1, 0.15) is 28.0 Å². The molecule has 0 fully saturated rings. The number of nitrogens with zero attached hydrogens (tertiary/aromatic N) is 4. The Morgan fingerprint density at radius 3 is 3.03 bits per heavy atom. The number of aromatic nitrogens is 3. The van der Waals surface area contributed by atoms with Gasteiger partial charge in [-0.25, -0.2) is 9.97 Å². The number of thiophene rings is 1. The van der Waals surface area contributed by atoms with Gasteiger partial charge in [-0.2, -0.15) is 0 Å². The second-order valence-corrected chi connectivity index (χ2v) is 11.8. The van der Waals surface area contributed by atoms with Gasteiger partial charge in [-0.3, -0.25) is 9.78 Å². The number of carbonyl (C=O) groups is 1. The maximum atomic E-state index is 12.9. The van der Waals surface area contributed by atoms with Crippen molar-refractivity contribution in [2.24, 2.45) is 0 Å². The van der Waals surface area contributed by atoms with Crippen LogP contribution in [0.15, 0.2) is 24.7 Å². The Bertz CT molecular complexity index is 1240. The summed E-state index contributed by atoms with van der Waals surface area (Å²) in [5, 5.41) is 4.46. The van der Waals surface area contributed by atoms with Crippen LogP contribution in [-0.2, 0) is 30.7 Å². The van der Waals surface area contributed by atoms with Gasteiger partial charge in [0.25, 0.3) is 0 Å². The Balaban J connectivity index is 0.00000259. The zero-order valence-electron chi connectivity index (χ0n) is 17.6. The molecule has 5 rings (SSSR count). The monoisotopic (exact) mass is 505 g/mol. The molecule has 0 amide bonds. The highest BCUT2D eigenvalue weighted by molar-refractivity contribution is 7.22. The van der Waals surface area contributed by atoms with Crippen molar-refractivity contribution in [2.75, 3.05) is 20.1 Å². The van der Waals surface area contributed by atoms with Crippen molar-refractivity contribution >= 4 is 61.6 Å². The number of carbonyl (C=O) groups excluding carboxylic acids is 1. The Morgan fingerprint density at radius 2 is 2.22 bits per heavy atom. The van der Waals surface area contributed by atoms with E-state index in [1.807, 2.05) is 19.3 Å². The fraction of sp³-hybridized carbons (Fsp3) is 0.364. The van der Waals surface area contributed by atoms with Gasteiger partial charge in [0.1, 0.15) is 16.3 Å². The molecule has 0 aliphatic carbocycles. The molecule has 0 saturated carbocycles. The predicted octanol–water partition coefficient (Wildman–Crippen LogP) is 5.06. The second-order valence-electron chi connectivity index (χ2n) is 7.87. The van der Waals surface area contributed by atoms with Gasteiger partial charge < -0.3 is 10.2 Å². The van der Waals surface area contributed by atoms with Gasteiger partial charge in [-0.1, -0.05) is 11.6 Å². The number of Topliss-reactive ketones (excluding diaryl/α,β-unsaturated/α-hetero) is 1. The standard InChI is InChI=1S/C22H22ClN5OS3.H2/c1-28(12-14-9-26-22(23)30-14)7-4-13(29)8-18-20(15-2-5-25-11-19(15)31-18)21-27-16-10-24-6-3-17(16)32-21;/h3,6,9-10,25H,2,4-5,7-8,11-12H2,1H3;1H. The van der Waals surface area contributed by atoms with Gasteiger partial charge in [-0.05, 0) is 31.6 Å². The van der Waals surface area contributed by atoms with E-state index in [1.165, 1.54) is 27.3 Å². The number of halogens is 1. The van der Waals surface area contributed by atoms with Crippen molar-refractivity contribution < 1.29 is 6.22 Å². The SMILES string of the molecule is CN(CCC(=O)Cc1sc2c(c1-c1nc3cnccc3s1)CCNC2)Cc1cnc(Cl)s1.[HH]. The molecule has 168 valence electrons. The molecule has 0 spiro atoms. The third-order valence-corrected chi connectivity index (χ3v) is 8.87. The summed E-state index contributed by atoms with van der Waals surface area (Å²) in [5.41, 5.74) is 3.47. The van der Waals surface area contributed by atoms with Crippen LogP contribution >= 0.6 is 45.6 Å². The third kappa shape index (κ3) is 4.78. The molecule has 4 aromatic rings. The average Bonchev–Trinajstić information content (AvgIpc) is 3.48.